The van der Waals surface area contributed by atoms with Gasteiger partial charge in [0.1, 0.15) is 6.54 Å². The van der Waals surface area contributed by atoms with Gasteiger partial charge in [-0.2, -0.15) is 5.10 Å². The fourth-order valence-corrected chi connectivity index (χ4v) is 4.04. The summed E-state index contributed by atoms with van der Waals surface area (Å²) in [6.45, 7) is 5.97. The van der Waals surface area contributed by atoms with Gasteiger partial charge < -0.3 is 5.32 Å². The van der Waals surface area contributed by atoms with Crippen LogP contribution in [0.25, 0.3) is 22.0 Å². The van der Waals surface area contributed by atoms with E-state index in [1.807, 2.05) is 36.6 Å². The molecule has 2 aromatic carbocycles. The molecule has 0 aliphatic heterocycles. The minimum atomic E-state index is -0.338. The Morgan fingerprint density at radius 3 is 2.50 bits per heavy atom. The first-order valence-electron chi connectivity index (χ1n) is 9.74. The molecule has 152 valence electrons. The molecule has 0 saturated heterocycles. The number of thiazole rings is 1. The van der Waals surface area contributed by atoms with Gasteiger partial charge in [0.25, 0.3) is 5.56 Å². The van der Waals surface area contributed by atoms with Gasteiger partial charge in [0, 0.05) is 16.3 Å². The smallest absolute Gasteiger partial charge is 0.275 e. The van der Waals surface area contributed by atoms with Crippen LogP contribution in [-0.2, 0) is 11.3 Å². The molecule has 6 nitrogen and oxygen atoms in total. The number of rotatable bonds is 5. The fraction of sp³-hybridized carbons (Fsp3) is 0.217. The molecule has 0 saturated carbocycles. The molecule has 0 atom stereocenters. The number of amides is 1. The number of anilines is 1. The number of hydrogen-bond donors (Lipinski definition) is 1. The predicted molar refractivity (Wildman–Crippen MR) is 121 cm³/mol. The summed E-state index contributed by atoms with van der Waals surface area (Å²) in [4.78, 5) is 29.6. The molecule has 0 bridgehead atoms. The third-order valence-corrected chi connectivity index (χ3v) is 5.73. The largest absolute Gasteiger partial charge is 0.300 e. The first-order chi connectivity index (χ1) is 14.4. The molecular formula is C23H22N4O2S. The first kappa shape index (κ1) is 20.0. The van der Waals surface area contributed by atoms with E-state index in [0.717, 1.165) is 16.6 Å². The SMILES string of the molecule is Cc1nn(CC(=O)Nc2nc(-c3ccc(C(C)C)cc3)cs2)c(=O)c2ccccc12. The first-order valence-corrected chi connectivity index (χ1v) is 10.6. The molecule has 2 heterocycles. The van der Waals surface area contributed by atoms with Gasteiger partial charge in [-0.3, -0.25) is 9.59 Å². The number of carbonyl (C=O) groups is 1. The van der Waals surface area contributed by atoms with Crippen molar-refractivity contribution in [1.82, 2.24) is 14.8 Å². The molecule has 30 heavy (non-hydrogen) atoms. The predicted octanol–water partition coefficient (Wildman–Crippen LogP) is 4.59. The molecule has 7 heteroatoms. The second kappa shape index (κ2) is 8.20. The van der Waals surface area contributed by atoms with Crippen molar-refractivity contribution in [2.24, 2.45) is 0 Å². The van der Waals surface area contributed by atoms with Crippen molar-refractivity contribution in [3.8, 4) is 11.3 Å². The van der Waals surface area contributed by atoms with Crippen LogP contribution < -0.4 is 10.9 Å². The quantitative estimate of drug-likeness (QED) is 0.514. The zero-order valence-corrected chi connectivity index (χ0v) is 17.9. The van der Waals surface area contributed by atoms with Gasteiger partial charge in [0.2, 0.25) is 5.91 Å². The summed E-state index contributed by atoms with van der Waals surface area (Å²) in [6, 6.07) is 15.5. The van der Waals surface area contributed by atoms with Crippen LogP contribution in [-0.4, -0.2) is 20.7 Å². The van der Waals surface area contributed by atoms with E-state index in [9.17, 15) is 9.59 Å². The molecular weight excluding hydrogens is 396 g/mol. The van der Waals surface area contributed by atoms with E-state index >= 15 is 0 Å². The monoisotopic (exact) mass is 418 g/mol. The average Bonchev–Trinajstić information content (AvgIpc) is 3.20. The summed E-state index contributed by atoms with van der Waals surface area (Å²) in [5.41, 5.74) is 3.50. The lowest BCUT2D eigenvalue weighted by molar-refractivity contribution is -0.117. The standard InChI is InChI=1S/C23H22N4O2S/c1-14(2)16-8-10-17(11-9-16)20-13-30-23(24-20)25-21(28)12-27-22(29)19-7-5-4-6-18(19)15(3)26-27/h4-11,13-14H,12H2,1-3H3,(H,24,25,28). The van der Waals surface area contributed by atoms with Gasteiger partial charge in [-0.05, 0) is 24.5 Å². The highest BCUT2D eigenvalue weighted by Gasteiger charge is 2.13. The minimum absolute atomic E-state index is 0.164. The number of nitrogens with one attached hydrogen (secondary N) is 1. The normalized spacial score (nSPS) is 11.2. The van der Waals surface area contributed by atoms with E-state index in [-0.39, 0.29) is 18.0 Å². The number of carbonyl (C=O) groups excluding carboxylic acids is 1. The summed E-state index contributed by atoms with van der Waals surface area (Å²) in [5.74, 6) is 0.135. The van der Waals surface area contributed by atoms with Crippen molar-refractivity contribution in [2.45, 2.75) is 33.2 Å². The Kier molecular flexibility index (Phi) is 5.46. The van der Waals surface area contributed by atoms with Crippen molar-refractivity contribution in [2.75, 3.05) is 5.32 Å². The number of nitrogens with zero attached hydrogens (tertiary/aromatic N) is 3. The molecule has 0 aliphatic rings. The Bertz CT molecular complexity index is 1270. The maximum absolute atomic E-state index is 12.6. The molecule has 4 rings (SSSR count). The highest BCUT2D eigenvalue weighted by Crippen LogP contribution is 2.26. The minimum Gasteiger partial charge on any atom is -0.300 e. The van der Waals surface area contributed by atoms with Crippen LogP contribution in [0.4, 0.5) is 5.13 Å². The van der Waals surface area contributed by atoms with Gasteiger partial charge >= 0.3 is 0 Å². The molecule has 1 N–H and O–H groups in total. The molecule has 0 fully saturated rings. The highest BCUT2D eigenvalue weighted by molar-refractivity contribution is 7.14. The van der Waals surface area contributed by atoms with Crippen molar-refractivity contribution < 1.29 is 4.79 Å². The maximum Gasteiger partial charge on any atom is 0.275 e. The topological polar surface area (TPSA) is 76.9 Å². The van der Waals surface area contributed by atoms with Gasteiger partial charge in [0.15, 0.2) is 5.13 Å². The van der Waals surface area contributed by atoms with E-state index in [4.69, 9.17) is 0 Å². The summed E-state index contributed by atoms with van der Waals surface area (Å²) >= 11 is 1.35. The summed E-state index contributed by atoms with van der Waals surface area (Å²) in [7, 11) is 0. The number of fused-ring (bicyclic) bond motifs is 1. The lowest BCUT2D eigenvalue weighted by atomic mass is 10.0. The molecule has 0 spiro atoms. The van der Waals surface area contributed by atoms with Crippen molar-refractivity contribution in [3.63, 3.8) is 0 Å². The molecule has 1 amide bonds. The van der Waals surface area contributed by atoms with E-state index < -0.39 is 0 Å². The zero-order valence-electron chi connectivity index (χ0n) is 17.0. The van der Waals surface area contributed by atoms with Gasteiger partial charge in [-0.15, -0.1) is 11.3 Å². The Morgan fingerprint density at radius 2 is 1.80 bits per heavy atom. The maximum atomic E-state index is 12.6. The third kappa shape index (κ3) is 4.02. The van der Waals surface area contributed by atoms with Crippen LogP contribution in [0.3, 0.4) is 0 Å². The number of benzene rings is 2. The molecule has 0 aliphatic carbocycles. The van der Waals surface area contributed by atoms with Crippen LogP contribution in [0.2, 0.25) is 0 Å². The summed E-state index contributed by atoms with van der Waals surface area (Å²) in [6.07, 6.45) is 0. The average molecular weight is 419 g/mol. The number of aryl methyl sites for hydroxylation is 1. The van der Waals surface area contributed by atoms with Crippen molar-refractivity contribution in [3.05, 3.63) is 75.5 Å². The molecule has 0 radical (unpaired) electrons. The van der Waals surface area contributed by atoms with Crippen LogP contribution in [0.15, 0.2) is 58.7 Å². The summed E-state index contributed by atoms with van der Waals surface area (Å²) in [5, 5.41) is 10.8. The fourth-order valence-electron chi connectivity index (χ4n) is 3.31. The lowest BCUT2D eigenvalue weighted by Gasteiger charge is -2.08. The Labute approximate surface area is 178 Å². The van der Waals surface area contributed by atoms with E-state index in [2.05, 4.69) is 41.4 Å². The van der Waals surface area contributed by atoms with Crippen molar-refractivity contribution >= 4 is 33.1 Å². The van der Waals surface area contributed by atoms with Gasteiger partial charge in [-0.25, -0.2) is 9.67 Å². The van der Waals surface area contributed by atoms with Crippen molar-refractivity contribution in [1.29, 1.82) is 0 Å². The van der Waals surface area contributed by atoms with E-state index in [0.29, 0.717) is 22.1 Å². The van der Waals surface area contributed by atoms with Crippen LogP contribution in [0, 0.1) is 6.92 Å². The van der Waals surface area contributed by atoms with E-state index in [1.54, 1.807) is 12.1 Å². The second-order valence-corrected chi connectivity index (χ2v) is 8.31. The Hall–Kier alpha value is -3.32. The number of aromatic nitrogens is 3. The molecule has 2 aromatic heterocycles. The number of hydrogen-bond acceptors (Lipinski definition) is 5. The van der Waals surface area contributed by atoms with Crippen LogP contribution in [0.1, 0.15) is 31.0 Å². The van der Waals surface area contributed by atoms with Crippen LogP contribution in [0.5, 0.6) is 0 Å². The summed E-state index contributed by atoms with van der Waals surface area (Å²) < 4.78 is 1.20. The van der Waals surface area contributed by atoms with Gasteiger partial charge in [-0.1, -0.05) is 56.3 Å². The zero-order chi connectivity index (χ0) is 21.3. The molecule has 4 aromatic rings. The Balaban J connectivity index is 1.50. The van der Waals surface area contributed by atoms with E-state index in [1.165, 1.54) is 21.6 Å². The van der Waals surface area contributed by atoms with Gasteiger partial charge in [0.05, 0.1) is 16.8 Å². The lowest BCUT2D eigenvalue weighted by Crippen LogP contribution is -2.30. The third-order valence-electron chi connectivity index (χ3n) is 4.97. The second-order valence-electron chi connectivity index (χ2n) is 7.46. The Morgan fingerprint density at radius 1 is 1.10 bits per heavy atom. The highest BCUT2D eigenvalue weighted by atomic mass is 32.1. The van der Waals surface area contributed by atoms with Crippen LogP contribution >= 0.6 is 11.3 Å². The molecule has 0 unspecified atom stereocenters.